The molecule has 1 atom stereocenters. The van der Waals surface area contributed by atoms with E-state index < -0.39 is 11.6 Å². The van der Waals surface area contributed by atoms with Crippen molar-refractivity contribution in [3.8, 4) is 0 Å². The highest BCUT2D eigenvalue weighted by atomic mass is 79.9. The molecule has 184 valence electrons. The van der Waals surface area contributed by atoms with Crippen LogP contribution in [0.25, 0.3) is 0 Å². The van der Waals surface area contributed by atoms with E-state index in [1.165, 1.54) is 0 Å². The second-order valence-corrected chi connectivity index (χ2v) is 11.2. The molecule has 1 N–H and O–H groups in total. The number of nitrogens with zero attached hydrogens (tertiary/aromatic N) is 1. The van der Waals surface area contributed by atoms with E-state index in [0.29, 0.717) is 13.0 Å². The summed E-state index contributed by atoms with van der Waals surface area (Å²) in [4.78, 5) is 29.2. The molecule has 0 aliphatic rings. The predicted molar refractivity (Wildman–Crippen MR) is 146 cm³/mol. The average Bonchev–Trinajstić information content (AvgIpc) is 2.76. The fraction of sp³-hybridized carbons (Fsp3) is 0.333. The maximum atomic E-state index is 13.8. The van der Waals surface area contributed by atoms with Crippen LogP contribution in [0.5, 0.6) is 0 Å². The van der Waals surface area contributed by atoms with Crippen molar-refractivity contribution in [2.75, 3.05) is 0 Å². The summed E-state index contributed by atoms with van der Waals surface area (Å²) in [7, 11) is 0. The molecular formula is C30H35BrN2O2. The molecule has 5 heteroatoms. The standard InChI is InChI=1S/C30H35BrN2O2/c1-21-15-22(2)17-25(16-21)19-28(34)33(20-24-11-13-26(31)14-12-24)27(29(35)32-30(3,4)5)18-23-9-7-6-8-10-23/h6-17,27H,18-20H2,1-5H3,(H,32,35)/t27-/m0/s1. The van der Waals surface area contributed by atoms with Crippen LogP contribution in [-0.2, 0) is 29.0 Å². The van der Waals surface area contributed by atoms with Gasteiger partial charge in [0.25, 0.3) is 0 Å². The van der Waals surface area contributed by atoms with Gasteiger partial charge in [0.2, 0.25) is 11.8 Å². The molecule has 0 bridgehead atoms. The van der Waals surface area contributed by atoms with Crippen molar-refractivity contribution in [2.24, 2.45) is 0 Å². The molecule has 0 fully saturated rings. The zero-order valence-electron chi connectivity index (χ0n) is 21.3. The second-order valence-electron chi connectivity index (χ2n) is 10.3. The molecule has 35 heavy (non-hydrogen) atoms. The third kappa shape index (κ3) is 8.36. The zero-order valence-corrected chi connectivity index (χ0v) is 22.9. The molecule has 0 unspecified atom stereocenters. The van der Waals surface area contributed by atoms with E-state index in [0.717, 1.165) is 32.3 Å². The van der Waals surface area contributed by atoms with Crippen LogP contribution < -0.4 is 5.32 Å². The van der Waals surface area contributed by atoms with Crippen molar-refractivity contribution in [3.05, 3.63) is 105 Å². The fourth-order valence-electron chi connectivity index (χ4n) is 4.24. The molecule has 3 aromatic rings. The molecule has 3 rings (SSSR count). The molecule has 4 nitrogen and oxygen atoms in total. The Morgan fingerprint density at radius 1 is 0.857 bits per heavy atom. The summed E-state index contributed by atoms with van der Waals surface area (Å²) in [6.45, 7) is 10.3. The average molecular weight is 536 g/mol. The van der Waals surface area contributed by atoms with Crippen LogP contribution in [0, 0.1) is 13.8 Å². The van der Waals surface area contributed by atoms with E-state index in [2.05, 4.69) is 27.3 Å². The molecule has 0 heterocycles. The van der Waals surface area contributed by atoms with Crippen LogP contribution in [-0.4, -0.2) is 28.3 Å². The highest BCUT2D eigenvalue weighted by Crippen LogP contribution is 2.20. The van der Waals surface area contributed by atoms with Crippen LogP contribution >= 0.6 is 15.9 Å². The Morgan fingerprint density at radius 3 is 2.03 bits per heavy atom. The van der Waals surface area contributed by atoms with Gasteiger partial charge in [-0.25, -0.2) is 0 Å². The van der Waals surface area contributed by atoms with Gasteiger partial charge in [0, 0.05) is 23.0 Å². The highest BCUT2D eigenvalue weighted by Gasteiger charge is 2.32. The van der Waals surface area contributed by atoms with Crippen molar-refractivity contribution in [1.82, 2.24) is 10.2 Å². The van der Waals surface area contributed by atoms with E-state index in [1.807, 2.05) is 101 Å². The molecule has 3 aromatic carbocycles. The number of nitrogens with one attached hydrogen (secondary N) is 1. The summed E-state index contributed by atoms with van der Waals surface area (Å²) in [6.07, 6.45) is 0.686. The first-order chi connectivity index (χ1) is 16.5. The molecular weight excluding hydrogens is 500 g/mol. The number of aryl methyl sites for hydroxylation is 2. The SMILES string of the molecule is Cc1cc(C)cc(CC(=O)N(Cc2ccc(Br)cc2)[C@@H](Cc2ccccc2)C(=O)NC(C)(C)C)c1. The summed E-state index contributed by atoms with van der Waals surface area (Å²) in [5.74, 6) is -0.213. The van der Waals surface area contributed by atoms with Gasteiger partial charge in [-0.1, -0.05) is 87.7 Å². The van der Waals surface area contributed by atoms with E-state index in [9.17, 15) is 9.59 Å². The smallest absolute Gasteiger partial charge is 0.243 e. The van der Waals surface area contributed by atoms with E-state index in [4.69, 9.17) is 0 Å². The maximum absolute atomic E-state index is 13.8. The largest absolute Gasteiger partial charge is 0.350 e. The number of hydrogen-bond donors (Lipinski definition) is 1. The number of rotatable bonds is 8. The van der Waals surface area contributed by atoms with Gasteiger partial charge in [-0.3, -0.25) is 9.59 Å². The highest BCUT2D eigenvalue weighted by molar-refractivity contribution is 9.10. The van der Waals surface area contributed by atoms with Gasteiger partial charge in [-0.05, 0) is 63.4 Å². The predicted octanol–water partition coefficient (Wildman–Crippen LogP) is 6.16. The third-order valence-electron chi connectivity index (χ3n) is 5.67. The second kappa shape index (κ2) is 11.7. The lowest BCUT2D eigenvalue weighted by Crippen LogP contribution is -2.54. The van der Waals surface area contributed by atoms with Gasteiger partial charge >= 0.3 is 0 Å². The number of benzene rings is 3. The first-order valence-electron chi connectivity index (χ1n) is 12.0. The van der Waals surface area contributed by atoms with E-state index in [-0.39, 0.29) is 18.2 Å². The molecule has 0 saturated carbocycles. The van der Waals surface area contributed by atoms with Crippen molar-refractivity contribution in [2.45, 2.75) is 65.6 Å². The number of carbonyl (C=O) groups is 2. The minimum atomic E-state index is -0.640. The van der Waals surface area contributed by atoms with Gasteiger partial charge in [0.1, 0.15) is 6.04 Å². The molecule has 0 aliphatic heterocycles. The van der Waals surface area contributed by atoms with Crippen molar-refractivity contribution >= 4 is 27.7 Å². The first kappa shape index (κ1) is 26.7. The van der Waals surface area contributed by atoms with Crippen LogP contribution in [0.1, 0.15) is 48.6 Å². The molecule has 0 aromatic heterocycles. The molecule has 0 spiro atoms. The summed E-state index contributed by atoms with van der Waals surface area (Å²) in [6, 6.07) is 23.3. The Balaban J connectivity index is 2.00. The van der Waals surface area contributed by atoms with Crippen molar-refractivity contribution in [1.29, 1.82) is 0 Å². The molecule has 0 aliphatic carbocycles. The lowest BCUT2D eigenvalue weighted by Gasteiger charge is -2.34. The van der Waals surface area contributed by atoms with Crippen LogP contribution in [0.15, 0.2) is 77.3 Å². The van der Waals surface area contributed by atoms with Crippen LogP contribution in [0.2, 0.25) is 0 Å². The first-order valence-corrected chi connectivity index (χ1v) is 12.8. The summed E-state index contributed by atoms with van der Waals surface area (Å²) in [5, 5.41) is 3.11. The van der Waals surface area contributed by atoms with Gasteiger partial charge < -0.3 is 10.2 Å². The quantitative estimate of drug-likeness (QED) is 0.376. The Labute approximate surface area is 217 Å². The minimum Gasteiger partial charge on any atom is -0.350 e. The van der Waals surface area contributed by atoms with Gasteiger partial charge in [-0.15, -0.1) is 0 Å². The van der Waals surface area contributed by atoms with Gasteiger partial charge in [0.05, 0.1) is 6.42 Å². The fourth-order valence-corrected chi connectivity index (χ4v) is 4.50. The summed E-state index contributed by atoms with van der Waals surface area (Å²) in [5.41, 5.74) is 4.79. The molecule has 0 radical (unpaired) electrons. The Hall–Kier alpha value is -2.92. The van der Waals surface area contributed by atoms with Crippen molar-refractivity contribution in [3.63, 3.8) is 0 Å². The van der Waals surface area contributed by atoms with Crippen molar-refractivity contribution < 1.29 is 9.59 Å². The molecule has 2 amide bonds. The Morgan fingerprint density at radius 2 is 1.46 bits per heavy atom. The third-order valence-corrected chi connectivity index (χ3v) is 6.20. The van der Waals surface area contributed by atoms with Crippen LogP contribution in [0.3, 0.4) is 0 Å². The number of carbonyl (C=O) groups excluding carboxylic acids is 2. The van der Waals surface area contributed by atoms with Crippen LogP contribution in [0.4, 0.5) is 0 Å². The van der Waals surface area contributed by atoms with E-state index >= 15 is 0 Å². The minimum absolute atomic E-state index is 0.0668. The lowest BCUT2D eigenvalue weighted by molar-refractivity contribution is -0.141. The summed E-state index contributed by atoms with van der Waals surface area (Å²) < 4.78 is 0.973. The number of amides is 2. The summed E-state index contributed by atoms with van der Waals surface area (Å²) >= 11 is 3.48. The normalized spacial score (nSPS) is 12.2. The Bertz CT molecular complexity index is 1130. The van der Waals surface area contributed by atoms with Gasteiger partial charge in [0.15, 0.2) is 0 Å². The number of halogens is 1. The van der Waals surface area contributed by atoms with Gasteiger partial charge in [-0.2, -0.15) is 0 Å². The van der Waals surface area contributed by atoms with E-state index in [1.54, 1.807) is 4.90 Å². The lowest BCUT2D eigenvalue weighted by atomic mass is 9.99. The molecule has 0 saturated heterocycles. The zero-order chi connectivity index (χ0) is 25.6. The Kier molecular flexibility index (Phi) is 8.90. The maximum Gasteiger partial charge on any atom is 0.243 e. The number of hydrogen-bond acceptors (Lipinski definition) is 2. The topological polar surface area (TPSA) is 49.4 Å². The monoisotopic (exact) mass is 534 g/mol.